The Hall–Kier alpha value is -1.09. The lowest BCUT2D eigenvalue weighted by Crippen LogP contribution is -1.94. The molecule has 1 N–H and O–H groups in total. The van der Waals surface area contributed by atoms with Crippen LogP contribution in [-0.4, -0.2) is 16.3 Å². The van der Waals surface area contributed by atoms with E-state index in [2.05, 4.69) is 6.58 Å². The van der Waals surface area contributed by atoms with Crippen molar-refractivity contribution in [2.75, 3.05) is 0 Å². The number of carboxylic acid groups (broad SMARTS) is 1. The Labute approximate surface area is 69.0 Å². The first-order valence-electron chi connectivity index (χ1n) is 2.79. The van der Waals surface area contributed by atoms with Crippen molar-refractivity contribution in [2.45, 2.75) is 6.42 Å². The first-order valence-corrected chi connectivity index (χ1v) is 3.17. The summed E-state index contributed by atoms with van der Waals surface area (Å²) in [7, 11) is 0. The SMILES string of the molecule is C=C(/C=C\C(=O)Cl)CC(=O)O. The molecule has 0 radical (unpaired) electrons. The Morgan fingerprint density at radius 1 is 1.45 bits per heavy atom. The molecule has 0 fully saturated rings. The Morgan fingerprint density at radius 2 is 2.00 bits per heavy atom. The molecule has 0 aromatic heterocycles. The molecule has 0 heterocycles. The van der Waals surface area contributed by atoms with Crippen LogP contribution in [0.25, 0.3) is 0 Å². The van der Waals surface area contributed by atoms with Crippen molar-refractivity contribution < 1.29 is 14.7 Å². The Morgan fingerprint density at radius 3 is 2.36 bits per heavy atom. The number of carbonyl (C=O) groups excluding carboxylic acids is 1. The smallest absolute Gasteiger partial charge is 0.307 e. The maximum atomic E-state index is 10.1. The van der Waals surface area contributed by atoms with Gasteiger partial charge >= 0.3 is 5.97 Å². The Balaban J connectivity index is 3.88. The van der Waals surface area contributed by atoms with Crippen molar-refractivity contribution in [3.05, 3.63) is 24.3 Å². The summed E-state index contributed by atoms with van der Waals surface area (Å²) >= 11 is 4.94. The molecule has 0 unspecified atom stereocenters. The van der Waals surface area contributed by atoms with E-state index in [1.54, 1.807) is 0 Å². The molecular formula is C7H7ClO3. The van der Waals surface area contributed by atoms with Gasteiger partial charge in [0.2, 0.25) is 5.24 Å². The van der Waals surface area contributed by atoms with Crippen LogP contribution in [0.2, 0.25) is 0 Å². The molecule has 0 aromatic rings. The lowest BCUT2D eigenvalue weighted by atomic mass is 10.2. The van der Waals surface area contributed by atoms with Crippen molar-refractivity contribution in [1.82, 2.24) is 0 Å². The second kappa shape index (κ2) is 4.68. The third kappa shape index (κ3) is 6.80. The predicted octanol–water partition coefficient (Wildman–Crippen LogP) is 1.34. The first kappa shape index (κ1) is 9.91. The molecule has 0 aliphatic carbocycles. The minimum Gasteiger partial charge on any atom is -0.481 e. The molecule has 0 amide bonds. The van der Waals surface area contributed by atoms with Crippen LogP contribution in [0.4, 0.5) is 0 Å². The number of halogens is 1. The van der Waals surface area contributed by atoms with E-state index >= 15 is 0 Å². The highest BCUT2D eigenvalue weighted by Gasteiger charge is 1.97. The van der Waals surface area contributed by atoms with Crippen molar-refractivity contribution in [1.29, 1.82) is 0 Å². The van der Waals surface area contributed by atoms with E-state index in [1.807, 2.05) is 0 Å². The van der Waals surface area contributed by atoms with Crippen LogP contribution in [0.3, 0.4) is 0 Å². The molecule has 0 rings (SSSR count). The quantitative estimate of drug-likeness (QED) is 0.398. The second-order valence-corrected chi connectivity index (χ2v) is 2.24. The zero-order valence-electron chi connectivity index (χ0n) is 5.71. The number of allylic oxidation sites excluding steroid dienone is 2. The van der Waals surface area contributed by atoms with Crippen molar-refractivity contribution in [3.63, 3.8) is 0 Å². The minimum absolute atomic E-state index is 0.180. The van der Waals surface area contributed by atoms with Crippen molar-refractivity contribution in [2.24, 2.45) is 0 Å². The van der Waals surface area contributed by atoms with Gasteiger partial charge < -0.3 is 5.11 Å². The largest absolute Gasteiger partial charge is 0.481 e. The van der Waals surface area contributed by atoms with Gasteiger partial charge in [0.1, 0.15) is 0 Å². The topological polar surface area (TPSA) is 54.4 Å². The summed E-state index contributed by atoms with van der Waals surface area (Å²) in [6.07, 6.45) is 2.16. The average Bonchev–Trinajstić information content (AvgIpc) is 1.82. The summed E-state index contributed by atoms with van der Waals surface area (Å²) < 4.78 is 0. The summed E-state index contributed by atoms with van der Waals surface area (Å²) in [6.45, 7) is 3.39. The number of hydrogen-bond donors (Lipinski definition) is 1. The Kier molecular flexibility index (Phi) is 4.22. The molecule has 11 heavy (non-hydrogen) atoms. The molecule has 0 aromatic carbocycles. The molecule has 60 valence electrons. The van der Waals surface area contributed by atoms with Crippen LogP contribution in [0.1, 0.15) is 6.42 Å². The van der Waals surface area contributed by atoms with Gasteiger partial charge in [-0.05, 0) is 23.3 Å². The minimum atomic E-state index is -0.985. The summed E-state index contributed by atoms with van der Waals surface area (Å²) in [5.74, 6) is -0.985. The Bertz CT molecular complexity index is 218. The number of carboxylic acids is 1. The van der Waals surface area contributed by atoms with E-state index in [1.165, 1.54) is 6.08 Å². The van der Waals surface area contributed by atoms with Gasteiger partial charge in [-0.3, -0.25) is 9.59 Å². The molecule has 0 spiro atoms. The highest BCUT2D eigenvalue weighted by molar-refractivity contribution is 6.66. The fraction of sp³-hybridized carbons (Fsp3) is 0.143. The zero-order chi connectivity index (χ0) is 8.85. The van der Waals surface area contributed by atoms with Crippen LogP contribution < -0.4 is 0 Å². The van der Waals surface area contributed by atoms with Gasteiger partial charge in [-0.15, -0.1) is 0 Å². The number of hydrogen-bond acceptors (Lipinski definition) is 2. The van der Waals surface area contributed by atoms with E-state index in [0.717, 1.165) is 6.08 Å². The lowest BCUT2D eigenvalue weighted by molar-refractivity contribution is -0.136. The summed E-state index contributed by atoms with van der Waals surface area (Å²) in [5.41, 5.74) is 0.339. The van der Waals surface area contributed by atoms with Crippen molar-refractivity contribution >= 4 is 22.8 Å². The molecule has 0 aliphatic heterocycles. The highest BCUT2D eigenvalue weighted by Crippen LogP contribution is 1.99. The van der Waals surface area contributed by atoms with E-state index in [9.17, 15) is 9.59 Å². The van der Waals surface area contributed by atoms with Crippen LogP contribution in [-0.2, 0) is 9.59 Å². The second-order valence-electron chi connectivity index (χ2n) is 1.87. The van der Waals surface area contributed by atoms with E-state index in [-0.39, 0.29) is 6.42 Å². The molecule has 0 bridgehead atoms. The summed E-state index contributed by atoms with van der Waals surface area (Å²) in [6, 6.07) is 0. The summed E-state index contributed by atoms with van der Waals surface area (Å²) in [4.78, 5) is 20.2. The molecule has 4 heteroatoms. The van der Waals surface area contributed by atoms with E-state index in [4.69, 9.17) is 16.7 Å². The van der Waals surface area contributed by atoms with Gasteiger partial charge in [0.15, 0.2) is 0 Å². The lowest BCUT2D eigenvalue weighted by Gasteiger charge is -1.90. The first-order chi connectivity index (χ1) is 5.02. The third-order valence-electron chi connectivity index (χ3n) is 0.828. The highest BCUT2D eigenvalue weighted by atomic mass is 35.5. The normalized spacial score (nSPS) is 9.91. The monoisotopic (exact) mass is 174 g/mol. The third-order valence-corrected chi connectivity index (χ3v) is 0.954. The summed E-state index contributed by atoms with van der Waals surface area (Å²) in [5, 5.41) is 7.59. The maximum absolute atomic E-state index is 10.1. The number of carbonyl (C=O) groups is 2. The molecule has 0 saturated carbocycles. The van der Waals surface area contributed by atoms with Crippen LogP contribution >= 0.6 is 11.6 Å². The zero-order valence-corrected chi connectivity index (χ0v) is 6.47. The number of rotatable bonds is 4. The molecule has 3 nitrogen and oxygen atoms in total. The van der Waals surface area contributed by atoms with Gasteiger partial charge in [-0.1, -0.05) is 12.7 Å². The average molecular weight is 175 g/mol. The van der Waals surface area contributed by atoms with Gasteiger partial charge in [-0.25, -0.2) is 0 Å². The fourth-order valence-electron chi connectivity index (χ4n) is 0.437. The standard InChI is InChI=1S/C7H7ClO3/c1-5(4-7(10)11)2-3-6(8)9/h2-3H,1,4H2,(H,10,11)/b3-2-. The van der Waals surface area contributed by atoms with Gasteiger partial charge in [0.05, 0.1) is 6.42 Å². The molecule has 0 saturated heterocycles. The van der Waals surface area contributed by atoms with Crippen LogP contribution in [0.15, 0.2) is 24.3 Å². The van der Waals surface area contributed by atoms with Crippen LogP contribution in [0.5, 0.6) is 0 Å². The molecular weight excluding hydrogens is 168 g/mol. The van der Waals surface area contributed by atoms with Gasteiger partial charge in [0.25, 0.3) is 0 Å². The van der Waals surface area contributed by atoms with Crippen LogP contribution in [0, 0.1) is 0 Å². The van der Waals surface area contributed by atoms with Crippen molar-refractivity contribution in [3.8, 4) is 0 Å². The number of aliphatic carboxylic acids is 1. The van der Waals surface area contributed by atoms with E-state index in [0.29, 0.717) is 5.57 Å². The van der Waals surface area contributed by atoms with E-state index < -0.39 is 11.2 Å². The molecule has 0 atom stereocenters. The van der Waals surface area contributed by atoms with Gasteiger partial charge in [-0.2, -0.15) is 0 Å². The van der Waals surface area contributed by atoms with Gasteiger partial charge in [0, 0.05) is 0 Å². The predicted molar refractivity (Wildman–Crippen MR) is 41.4 cm³/mol. The molecule has 0 aliphatic rings. The maximum Gasteiger partial charge on any atom is 0.307 e. The fourth-order valence-corrected chi connectivity index (χ4v) is 0.500.